The Balaban J connectivity index is 1.96. The molecule has 1 aromatic carbocycles. The van der Waals surface area contributed by atoms with Crippen LogP contribution in [0.3, 0.4) is 0 Å². The SMILES string of the molecule is CCCCCCC#Cc1cccc([C@H]2CCC(N)(C(=O)O)C2)c1. The van der Waals surface area contributed by atoms with E-state index in [9.17, 15) is 9.90 Å². The second-order valence-electron chi connectivity index (χ2n) is 6.64. The van der Waals surface area contributed by atoms with Gasteiger partial charge in [-0.3, -0.25) is 4.79 Å². The van der Waals surface area contributed by atoms with Crippen LogP contribution >= 0.6 is 0 Å². The van der Waals surface area contributed by atoms with Gasteiger partial charge in [0.25, 0.3) is 0 Å². The first-order valence-corrected chi connectivity index (χ1v) is 8.66. The molecule has 1 aliphatic rings. The first-order chi connectivity index (χ1) is 11.0. The number of carbonyl (C=O) groups is 1. The lowest BCUT2D eigenvalue weighted by atomic mass is 9.92. The van der Waals surface area contributed by atoms with Gasteiger partial charge in [-0.25, -0.2) is 0 Å². The third-order valence-electron chi connectivity index (χ3n) is 4.72. The summed E-state index contributed by atoms with van der Waals surface area (Å²) in [4.78, 5) is 11.3. The number of carboxylic acids is 1. The number of aliphatic carboxylic acids is 1. The maximum atomic E-state index is 11.3. The lowest BCUT2D eigenvalue weighted by molar-refractivity contribution is -0.143. The second kappa shape index (κ2) is 8.17. The van der Waals surface area contributed by atoms with E-state index in [0.29, 0.717) is 12.8 Å². The molecule has 0 spiro atoms. The van der Waals surface area contributed by atoms with Gasteiger partial charge in [0.05, 0.1) is 0 Å². The number of nitrogens with two attached hydrogens (primary N) is 1. The summed E-state index contributed by atoms with van der Waals surface area (Å²) in [5.41, 5.74) is 7.09. The molecular weight excluding hydrogens is 286 g/mol. The molecule has 23 heavy (non-hydrogen) atoms. The fourth-order valence-electron chi connectivity index (χ4n) is 3.23. The summed E-state index contributed by atoms with van der Waals surface area (Å²) in [5, 5.41) is 9.25. The third-order valence-corrected chi connectivity index (χ3v) is 4.72. The highest BCUT2D eigenvalue weighted by Gasteiger charge is 2.42. The minimum absolute atomic E-state index is 0.224. The Morgan fingerprint density at radius 2 is 2.22 bits per heavy atom. The van der Waals surface area contributed by atoms with Crippen molar-refractivity contribution >= 4 is 5.97 Å². The fourth-order valence-corrected chi connectivity index (χ4v) is 3.23. The monoisotopic (exact) mass is 313 g/mol. The van der Waals surface area contributed by atoms with E-state index in [1.807, 2.05) is 12.1 Å². The molecule has 3 N–H and O–H groups in total. The van der Waals surface area contributed by atoms with Crippen molar-refractivity contribution in [2.75, 3.05) is 0 Å². The Morgan fingerprint density at radius 1 is 1.39 bits per heavy atom. The van der Waals surface area contributed by atoms with Crippen LogP contribution in [0.1, 0.15) is 75.3 Å². The second-order valence-corrected chi connectivity index (χ2v) is 6.64. The lowest BCUT2D eigenvalue weighted by Crippen LogP contribution is -2.45. The molecule has 124 valence electrons. The molecule has 0 aromatic heterocycles. The third kappa shape index (κ3) is 4.84. The van der Waals surface area contributed by atoms with Crippen LogP contribution in [0.2, 0.25) is 0 Å². The van der Waals surface area contributed by atoms with Gasteiger partial charge in [0.1, 0.15) is 5.54 Å². The van der Waals surface area contributed by atoms with Crippen LogP contribution in [-0.4, -0.2) is 16.6 Å². The van der Waals surface area contributed by atoms with Crippen LogP contribution in [0.15, 0.2) is 24.3 Å². The summed E-state index contributed by atoms with van der Waals surface area (Å²) < 4.78 is 0. The molecule has 2 atom stereocenters. The van der Waals surface area contributed by atoms with Gasteiger partial charge in [-0.2, -0.15) is 0 Å². The minimum Gasteiger partial charge on any atom is -0.480 e. The normalized spacial score (nSPS) is 23.3. The summed E-state index contributed by atoms with van der Waals surface area (Å²) >= 11 is 0. The average molecular weight is 313 g/mol. The van der Waals surface area contributed by atoms with Crippen molar-refractivity contribution in [1.29, 1.82) is 0 Å². The zero-order valence-electron chi connectivity index (χ0n) is 14.0. The van der Waals surface area contributed by atoms with Crippen molar-refractivity contribution in [2.24, 2.45) is 5.73 Å². The molecule has 2 rings (SSSR count). The number of rotatable bonds is 6. The highest BCUT2D eigenvalue weighted by Crippen LogP contribution is 2.39. The summed E-state index contributed by atoms with van der Waals surface area (Å²) in [7, 11) is 0. The number of carboxylic acid groups (broad SMARTS) is 1. The molecule has 3 nitrogen and oxygen atoms in total. The predicted molar refractivity (Wildman–Crippen MR) is 93.2 cm³/mol. The summed E-state index contributed by atoms with van der Waals surface area (Å²) in [6.45, 7) is 2.21. The van der Waals surface area contributed by atoms with Crippen LogP contribution < -0.4 is 5.73 Å². The highest BCUT2D eigenvalue weighted by molar-refractivity contribution is 5.79. The van der Waals surface area contributed by atoms with Gasteiger partial charge >= 0.3 is 5.97 Å². The molecule has 1 fully saturated rings. The van der Waals surface area contributed by atoms with Crippen LogP contribution in [-0.2, 0) is 4.79 Å². The maximum Gasteiger partial charge on any atom is 0.323 e. The fraction of sp³-hybridized carbons (Fsp3) is 0.550. The Morgan fingerprint density at radius 3 is 2.91 bits per heavy atom. The molecule has 0 radical (unpaired) electrons. The van der Waals surface area contributed by atoms with Crippen molar-refractivity contribution in [3.8, 4) is 11.8 Å². The van der Waals surface area contributed by atoms with Gasteiger partial charge in [-0.1, -0.05) is 50.2 Å². The van der Waals surface area contributed by atoms with E-state index in [1.165, 1.54) is 19.3 Å². The van der Waals surface area contributed by atoms with Crippen LogP contribution in [0.5, 0.6) is 0 Å². The summed E-state index contributed by atoms with van der Waals surface area (Å²) in [6.07, 6.45) is 7.77. The summed E-state index contributed by atoms with van der Waals surface area (Å²) in [5.74, 6) is 5.81. The Kier molecular flexibility index (Phi) is 6.24. The zero-order chi connectivity index (χ0) is 16.7. The van der Waals surface area contributed by atoms with Crippen molar-refractivity contribution in [3.05, 3.63) is 35.4 Å². The standard InChI is InChI=1S/C20H27NO2/c1-2-3-4-5-6-7-9-16-10-8-11-17(14-16)18-12-13-20(21,15-18)19(22)23/h8,10-11,14,18H,2-6,12-13,15,21H2,1H3,(H,22,23)/t18-,20?/m0/s1. The van der Waals surface area contributed by atoms with Gasteiger partial charge in [-0.15, -0.1) is 0 Å². The maximum absolute atomic E-state index is 11.3. The molecule has 1 aromatic rings. The quantitative estimate of drug-likeness (QED) is 0.615. The minimum atomic E-state index is -1.06. The van der Waals surface area contributed by atoms with Crippen molar-refractivity contribution in [3.63, 3.8) is 0 Å². The molecule has 0 bridgehead atoms. The summed E-state index contributed by atoms with van der Waals surface area (Å²) in [6, 6.07) is 8.18. The largest absolute Gasteiger partial charge is 0.480 e. The Hall–Kier alpha value is -1.79. The molecule has 0 aliphatic heterocycles. The van der Waals surface area contributed by atoms with Gasteiger partial charge < -0.3 is 10.8 Å². The Labute approximate surface area is 139 Å². The molecular formula is C20H27NO2. The average Bonchev–Trinajstić information content (AvgIpc) is 2.95. The predicted octanol–water partition coefficient (Wildman–Crippen LogP) is 4.06. The van der Waals surface area contributed by atoms with Crippen molar-refractivity contribution in [1.82, 2.24) is 0 Å². The first-order valence-electron chi connectivity index (χ1n) is 8.66. The van der Waals surface area contributed by atoms with E-state index in [-0.39, 0.29) is 5.92 Å². The topological polar surface area (TPSA) is 63.3 Å². The van der Waals surface area contributed by atoms with E-state index in [1.54, 1.807) is 0 Å². The molecule has 0 saturated heterocycles. The smallest absolute Gasteiger partial charge is 0.323 e. The molecule has 0 amide bonds. The number of hydrogen-bond acceptors (Lipinski definition) is 2. The van der Waals surface area contributed by atoms with Gasteiger partial charge in [-0.05, 0) is 49.3 Å². The van der Waals surface area contributed by atoms with E-state index < -0.39 is 11.5 Å². The number of hydrogen-bond donors (Lipinski definition) is 2. The van der Waals surface area contributed by atoms with Crippen molar-refractivity contribution < 1.29 is 9.90 Å². The molecule has 0 heterocycles. The van der Waals surface area contributed by atoms with Crippen LogP contribution in [0, 0.1) is 11.8 Å². The highest BCUT2D eigenvalue weighted by atomic mass is 16.4. The van der Waals surface area contributed by atoms with Gasteiger partial charge in [0.2, 0.25) is 0 Å². The van der Waals surface area contributed by atoms with Gasteiger partial charge in [0.15, 0.2) is 0 Å². The van der Waals surface area contributed by atoms with E-state index in [0.717, 1.165) is 30.4 Å². The molecule has 1 aliphatic carbocycles. The van der Waals surface area contributed by atoms with Gasteiger partial charge in [0, 0.05) is 12.0 Å². The lowest BCUT2D eigenvalue weighted by Gasteiger charge is -2.18. The van der Waals surface area contributed by atoms with Crippen LogP contribution in [0.25, 0.3) is 0 Å². The zero-order valence-corrected chi connectivity index (χ0v) is 14.0. The van der Waals surface area contributed by atoms with E-state index >= 15 is 0 Å². The molecule has 3 heteroatoms. The Bertz CT molecular complexity index is 599. The number of unbranched alkanes of at least 4 members (excludes halogenated alkanes) is 4. The van der Waals surface area contributed by atoms with E-state index in [4.69, 9.17) is 5.73 Å². The van der Waals surface area contributed by atoms with E-state index in [2.05, 4.69) is 30.9 Å². The number of benzene rings is 1. The molecule has 1 unspecified atom stereocenters. The molecule has 1 saturated carbocycles. The first kappa shape index (κ1) is 17.6. The van der Waals surface area contributed by atoms with Crippen LogP contribution in [0.4, 0.5) is 0 Å². The van der Waals surface area contributed by atoms with Crippen molar-refractivity contribution in [2.45, 2.75) is 69.7 Å².